The van der Waals surface area contributed by atoms with Gasteiger partial charge in [-0.1, -0.05) is 60.7 Å². The molecule has 0 amide bonds. The lowest BCUT2D eigenvalue weighted by Gasteiger charge is -2.12. The van der Waals surface area contributed by atoms with E-state index in [-0.39, 0.29) is 5.69 Å². The summed E-state index contributed by atoms with van der Waals surface area (Å²) < 4.78 is 12.0. The van der Waals surface area contributed by atoms with Gasteiger partial charge in [0.15, 0.2) is 5.69 Å². The number of nitrogens with one attached hydrogen (secondary N) is 1. The van der Waals surface area contributed by atoms with E-state index in [0.717, 1.165) is 11.1 Å². The number of rotatable bonds is 7. The van der Waals surface area contributed by atoms with Crippen molar-refractivity contribution in [1.29, 1.82) is 5.26 Å². The van der Waals surface area contributed by atoms with Crippen molar-refractivity contribution in [3.05, 3.63) is 95.7 Å². The van der Waals surface area contributed by atoms with Gasteiger partial charge in [0, 0.05) is 11.6 Å². The van der Waals surface area contributed by atoms with Crippen molar-refractivity contribution in [2.24, 2.45) is 0 Å². The van der Waals surface area contributed by atoms with E-state index < -0.39 is 0 Å². The van der Waals surface area contributed by atoms with Crippen LogP contribution >= 0.6 is 0 Å². The Labute approximate surface area is 168 Å². The van der Waals surface area contributed by atoms with Crippen LogP contribution < -0.4 is 9.47 Å². The Bertz CT molecular complexity index is 1060. The summed E-state index contributed by atoms with van der Waals surface area (Å²) in [5.41, 5.74) is 3.50. The SMILES string of the molecule is N#Cc1n[nH]nc1-c1cc(OCc2ccccc2)cc(OCc2ccccc2)c1. The van der Waals surface area contributed by atoms with E-state index in [1.54, 1.807) is 0 Å². The maximum Gasteiger partial charge on any atom is 0.190 e. The van der Waals surface area contributed by atoms with E-state index in [2.05, 4.69) is 15.4 Å². The van der Waals surface area contributed by atoms with Gasteiger partial charge in [0.1, 0.15) is 36.5 Å². The van der Waals surface area contributed by atoms with Crippen LogP contribution in [0.5, 0.6) is 11.5 Å². The van der Waals surface area contributed by atoms with Gasteiger partial charge in [-0.3, -0.25) is 0 Å². The first kappa shape index (κ1) is 18.3. The summed E-state index contributed by atoms with van der Waals surface area (Å²) in [5.74, 6) is 1.25. The summed E-state index contributed by atoms with van der Waals surface area (Å²) in [4.78, 5) is 0. The number of H-pyrrole nitrogens is 1. The van der Waals surface area contributed by atoms with Crippen molar-refractivity contribution in [2.75, 3.05) is 0 Å². The number of ether oxygens (including phenoxy) is 2. The molecule has 0 saturated heterocycles. The Balaban J connectivity index is 1.61. The van der Waals surface area contributed by atoms with Gasteiger partial charge in [0.05, 0.1) is 0 Å². The lowest BCUT2D eigenvalue weighted by atomic mass is 10.1. The van der Waals surface area contributed by atoms with Gasteiger partial charge in [-0.25, -0.2) is 0 Å². The minimum atomic E-state index is 0.221. The van der Waals surface area contributed by atoms with Gasteiger partial charge >= 0.3 is 0 Å². The Morgan fingerprint density at radius 1 is 0.759 bits per heavy atom. The second kappa shape index (κ2) is 8.72. The fourth-order valence-electron chi connectivity index (χ4n) is 2.87. The average molecular weight is 382 g/mol. The zero-order chi connectivity index (χ0) is 19.9. The maximum absolute atomic E-state index is 9.28. The highest BCUT2D eigenvalue weighted by molar-refractivity contribution is 5.67. The highest BCUT2D eigenvalue weighted by atomic mass is 16.5. The molecule has 0 radical (unpaired) electrons. The largest absolute Gasteiger partial charge is 0.489 e. The van der Waals surface area contributed by atoms with Crippen LogP contribution in [0.25, 0.3) is 11.3 Å². The Morgan fingerprint density at radius 3 is 1.83 bits per heavy atom. The molecule has 6 nitrogen and oxygen atoms in total. The molecule has 0 aliphatic rings. The molecule has 4 aromatic rings. The molecule has 6 heteroatoms. The number of hydrogen-bond acceptors (Lipinski definition) is 5. The van der Waals surface area contributed by atoms with Crippen LogP contribution in [0.3, 0.4) is 0 Å². The van der Waals surface area contributed by atoms with E-state index >= 15 is 0 Å². The van der Waals surface area contributed by atoms with Crippen molar-refractivity contribution in [3.8, 4) is 28.8 Å². The van der Waals surface area contributed by atoms with Gasteiger partial charge in [-0.05, 0) is 23.3 Å². The molecule has 0 aliphatic heterocycles. The first-order chi connectivity index (χ1) is 14.3. The molecule has 0 bridgehead atoms. The third-order valence-corrected chi connectivity index (χ3v) is 4.30. The fourth-order valence-corrected chi connectivity index (χ4v) is 2.87. The van der Waals surface area contributed by atoms with Gasteiger partial charge in [0.2, 0.25) is 0 Å². The van der Waals surface area contributed by atoms with Crippen LogP contribution in [-0.4, -0.2) is 15.4 Å². The normalized spacial score (nSPS) is 10.3. The zero-order valence-corrected chi connectivity index (χ0v) is 15.6. The maximum atomic E-state index is 9.28. The Hall–Kier alpha value is -4.11. The molecule has 29 heavy (non-hydrogen) atoms. The molecule has 142 valence electrons. The van der Waals surface area contributed by atoms with Crippen molar-refractivity contribution in [3.63, 3.8) is 0 Å². The fraction of sp³-hybridized carbons (Fsp3) is 0.0870. The molecule has 0 fully saturated rings. The van der Waals surface area contributed by atoms with Gasteiger partial charge in [0.25, 0.3) is 0 Å². The summed E-state index contributed by atoms with van der Waals surface area (Å²) in [6.45, 7) is 0.846. The molecule has 0 saturated carbocycles. The summed E-state index contributed by atoms with van der Waals surface area (Å²) in [7, 11) is 0. The molecule has 4 rings (SSSR count). The first-order valence-electron chi connectivity index (χ1n) is 9.11. The van der Waals surface area contributed by atoms with Crippen LogP contribution in [0.4, 0.5) is 0 Å². The van der Waals surface area contributed by atoms with E-state index in [1.165, 1.54) is 0 Å². The lowest BCUT2D eigenvalue weighted by molar-refractivity contribution is 0.290. The molecule has 0 atom stereocenters. The topological polar surface area (TPSA) is 83.8 Å². The number of nitriles is 1. The monoisotopic (exact) mass is 382 g/mol. The number of benzene rings is 3. The summed E-state index contributed by atoms with van der Waals surface area (Å²) in [6, 6.07) is 27.4. The second-order valence-electron chi connectivity index (χ2n) is 6.37. The zero-order valence-electron chi connectivity index (χ0n) is 15.6. The summed E-state index contributed by atoms with van der Waals surface area (Å²) in [6.07, 6.45) is 0. The molecular weight excluding hydrogens is 364 g/mol. The number of hydrogen-bond donors (Lipinski definition) is 1. The number of aromatic nitrogens is 3. The van der Waals surface area contributed by atoms with Crippen LogP contribution in [0.2, 0.25) is 0 Å². The minimum absolute atomic E-state index is 0.221. The number of aromatic amines is 1. The van der Waals surface area contributed by atoms with Gasteiger partial charge in [-0.2, -0.15) is 15.6 Å². The van der Waals surface area contributed by atoms with E-state index in [4.69, 9.17) is 9.47 Å². The van der Waals surface area contributed by atoms with Crippen LogP contribution in [-0.2, 0) is 13.2 Å². The lowest BCUT2D eigenvalue weighted by Crippen LogP contribution is -1.99. The van der Waals surface area contributed by atoms with Crippen LogP contribution in [0.15, 0.2) is 78.9 Å². The third kappa shape index (κ3) is 4.60. The first-order valence-corrected chi connectivity index (χ1v) is 9.11. The molecule has 0 aliphatic carbocycles. The van der Waals surface area contributed by atoms with Crippen LogP contribution in [0, 0.1) is 11.3 Å². The summed E-state index contributed by atoms with van der Waals surface area (Å²) in [5, 5.41) is 19.8. The van der Waals surface area contributed by atoms with Crippen LogP contribution in [0.1, 0.15) is 16.8 Å². The standard InChI is InChI=1S/C23H18N4O2/c24-14-22-23(26-27-25-22)19-11-20(28-15-17-7-3-1-4-8-17)13-21(12-19)29-16-18-9-5-2-6-10-18/h1-13H,15-16H2,(H,25,26,27). The van der Waals surface area contributed by atoms with Crippen molar-refractivity contribution in [2.45, 2.75) is 13.2 Å². The third-order valence-electron chi connectivity index (χ3n) is 4.30. The van der Waals surface area contributed by atoms with Crippen molar-refractivity contribution >= 4 is 0 Å². The molecule has 1 aromatic heterocycles. The molecule has 0 spiro atoms. The second-order valence-corrected chi connectivity index (χ2v) is 6.37. The Kier molecular flexibility index (Phi) is 5.49. The molecular formula is C23H18N4O2. The van der Waals surface area contributed by atoms with Crippen molar-refractivity contribution < 1.29 is 9.47 Å². The molecule has 3 aromatic carbocycles. The van der Waals surface area contributed by atoms with Gasteiger partial charge < -0.3 is 9.47 Å². The van der Waals surface area contributed by atoms with E-state index in [1.807, 2.05) is 84.9 Å². The number of nitrogens with zero attached hydrogens (tertiary/aromatic N) is 3. The van der Waals surface area contributed by atoms with E-state index in [0.29, 0.717) is 36.0 Å². The summed E-state index contributed by atoms with van der Waals surface area (Å²) >= 11 is 0. The predicted octanol–water partition coefficient (Wildman–Crippen LogP) is 4.50. The highest BCUT2D eigenvalue weighted by Gasteiger charge is 2.13. The quantitative estimate of drug-likeness (QED) is 0.509. The molecule has 0 unspecified atom stereocenters. The predicted molar refractivity (Wildman–Crippen MR) is 108 cm³/mol. The highest BCUT2D eigenvalue weighted by Crippen LogP contribution is 2.31. The van der Waals surface area contributed by atoms with Gasteiger partial charge in [-0.15, -0.1) is 5.10 Å². The van der Waals surface area contributed by atoms with Crippen molar-refractivity contribution in [1.82, 2.24) is 15.4 Å². The average Bonchev–Trinajstić information content (AvgIpc) is 3.27. The molecule has 1 heterocycles. The minimum Gasteiger partial charge on any atom is -0.489 e. The molecule has 1 N–H and O–H groups in total. The van der Waals surface area contributed by atoms with E-state index in [9.17, 15) is 5.26 Å². The smallest absolute Gasteiger partial charge is 0.190 e. The Morgan fingerprint density at radius 2 is 1.31 bits per heavy atom.